The predicted molar refractivity (Wildman–Crippen MR) is 80.4 cm³/mol. The van der Waals surface area contributed by atoms with Crippen molar-refractivity contribution in [2.75, 3.05) is 7.05 Å². The summed E-state index contributed by atoms with van der Waals surface area (Å²) in [5, 5.41) is 4.97. The summed E-state index contributed by atoms with van der Waals surface area (Å²) >= 11 is 7.41. The van der Waals surface area contributed by atoms with Crippen LogP contribution in [-0.2, 0) is 23.1 Å². The molecule has 1 aromatic heterocycles. The highest BCUT2D eigenvalue weighted by Gasteiger charge is 2.18. The van der Waals surface area contributed by atoms with Gasteiger partial charge >= 0.3 is 0 Å². The van der Waals surface area contributed by atoms with Crippen molar-refractivity contribution in [3.63, 3.8) is 0 Å². The van der Waals surface area contributed by atoms with Crippen molar-refractivity contribution >= 4 is 33.0 Å². The minimum atomic E-state index is -3.65. The molecular formula is C12H14ClN3O2S2. The number of nitrogens with one attached hydrogen (secondary N) is 2. The maximum Gasteiger partial charge on any atom is 0.242 e. The molecule has 8 heteroatoms. The van der Waals surface area contributed by atoms with Crippen LogP contribution < -0.4 is 10.0 Å². The van der Waals surface area contributed by atoms with E-state index in [4.69, 9.17) is 11.6 Å². The fraction of sp³-hybridized carbons (Fsp3) is 0.250. The molecule has 0 saturated carbocycles. The molecule has 0 saturated heterocycles. The van der Waals surface area contributed by atoms with Gasteiger partial charge in [-0.25, -0.2) is 18.1 Å². The Labute approximate surface area is 127 Å². The van der Waals surface area contributed by atoms with Crippen LogP contribution in [0, 0.1) is 0 Å². The van der Waals surface area contributed by atoms with Gasteiger partial charge in [-0.3, -0.25) is 0 Å². The smallest absolute Gasteiger partial charge is 0.242 e. The second-order valence-electron chi connectivity index (χ2n) is 4.10. The molecule has 2 N–H and O–H groups in total. The molecule has 2 rings (SSSR count). The lowest BCUT2D eigenvalue weighted by Crippen LogP contribution is -2.24. The van der Waals surface area contributed by atoms with Crippen molar-refractivity contribution in [2.24, 2.45) is 0 Å². The monoisotopic (exact) mass is 331 g/mol. The number of aromatic nitrogens is 1. The maximum absolute atomic E-state index is 12.3. The number of thiazole rings is 1. The Kier molecular flexibility index (Phi) is 5.11. The van der Waals surface area contributed by atoms with E-state index in [9.17, 15) is 8.42 Å². The van der Waals surface area contributed by atoms with E-state index in [2.05, 4.69) is 15.0 Å². The summed E-state index contributed by atoms with van der Waals surface area (Å²) in [7, 11) is -1.86. The molecule has 1 heterocycles. The molecular weight excluding hydrogens is 318 g/mol. The van der Waals surface area contributed by atoms with Gasteiger partial charge in [-0.15, -0.1) is 11.3 Å². The molecule has 0 aliphatic carbocycles. The largest absolute Gasteiger partial charge is 0.316 e. The Hall–Kier alpha value is -0.990. The average molecular weight is 332 g/mol. The highest BCUT2D eigenvalue weighted by Crippen LogP contribution is 2.22. The first-order valence-electron chi connectivity index (χ1n) is 5.82. The van der Waals surface area contributed by atoms with Crippen LogP contribution in [0.2, 0.25) is 5.02 Å². The molecule has 0 unspecified atom stereocenters. The predicted octanol–water partition coefficient (Wildman–Crippen LogP) is 1.99. The number of rotatable bonds is 6. The molecule has 0 aliphatic rings. The van der Waals surface area contributed by atoms with E-state index in [0.29, 0.717) is 12.2 Å². The van der Waals surface area contributed by atoms with Gasteiger partial charge in [0.25, 0.3) is 0 Å². The van der Waals surface area contributed by atoms with E-state index in [1.165, 1.54) is 11.3 Å². The Morgan fingerprint density at radius 2 is 2.15 bits per heavy atom. The standard InChI is InChI=1S/C12H14ClN3O2S2/c1-14-5-9-2-3-11(13)12(4-9)20(17,18)16-6-10-7-19-8-15-10/h2-4,7-8,14,16H,5-6H2,1H3. The molecule has 20 heavy (non-hydrogen) atoms. The maximum atomic E-state index is 12.3. The van der Waals surface area contributed by atoms with Gasteiger partial charge in [0.15, 0.2) is 0 Å². The first-order chi connectivity index (χ1) is 9.53. The van der Waals surface area contributed by atoms with E-state index < -0.39 is 10.0 Å². The van der Waals surface area contributed by atoms with Crippen molar-refractivity contribution < 1.29 is 8.42 Å². The lowest BCUT2D eigenvalue weighted by atomic mass is 10.2. The lowest BCUT2D eigenvalue weighted by Gasteiger charge is -2.09. The third kappa shape index (κ3) is 3.77. The third-order valence-corrected chi connectivity index (χ3v) is 5.11. The van der Waals surface area contributed by atoms with Gasteiger partial charge in [0.2, 0.25) is 10.0 Å². The Morgan fingerprint density at radius 3 is 2.80 bits per heavy atom. The van der Waals surface area contributed by atoms with Crippen LogP contribution in [0.5, 0.6) is 0 Å². The normalized spacial score (nSPS) is 11.7. The van der Waals surface area contributed by atoms with Gasteiger partial charge in [0, 0.05) is 11.9 Å². The topological polar surface area (TPSA) is 71.1 Å². The van der Waals surface area contributed by atoms with Crippen molar-refractivity contribution in [3.05, 3.63) is 45.4 Å². The van der Waals surface area contributed by atoms with Gasteiger partial charge in [0.05, 0.1) is 22.8 Å². The number of sulfonamides is 1. The Balaban J connectivity index is 2.21. The van der Waals surface area contributed by atoms with Crippen LogP contribution in [0.15, 0.2) is 34.0 Å². The molecule has 0 radical (unpaired) electrons. The highest BCUT2D eigenvalue weighted by atomic mass is 35.5. The zero-order valence-electron chi connectivity index (χ0n) is 10.8. The number of hydrogen-bond acceptors (Lipinski definition) is 5. The average Bonchev–Trinajstić information content (AvgIpc) is 2.92. The van der Waals surface area contributed by atoms with Gasteiger partial charge in [-0.05, 0) is 24.7 Å². The van der Waals surface area contributed by atoms with E-state index >= 15 is 0 Å². The summed E-state index contributed by atoms with van der Waals surface area (Å²) in [5.74, 6) is 0. The summed E-state index contributed by atoms with van der Waals surface area (Å²) in [5.41, 5.74) is 3.19. The summed E-state index contributed by atoms with van der Waals surface area (Å²) in [6.07, 6.45) is 0. The summed E-state index contributed by atoms with van der Waals surface area (Å²) in [4.78, 5) is 4.12. The minimum absolute atomic E-state index is 0.0853. The van der Waals surface area contributed by atoms with Crippen LogP contribution in [0.4, 0.5) is 0 Å². The van der Waals surface area contributed by atoms with Crippen LogP contribution in [0.3, 0.4) is 0 Å². The quantitative estimate of drug-likeness (QED) is 0.849. The molecule has 5 nitrogen and oxygen atoms in total. The molecule has 0 fully saturated rings. The molecule has 108 valence electrons. The Morgan fingerprint density at radius 1 is 1.35 bits per heavy atom. The van der Waals surface area contributed by atoms with E-state index in [1.54, 1.807) is 36.1 Å². The summed E-state index contributed by atoms with van der Waals surface area (Å²) in [6, 6.07) is 4.95. The van der Waals surface area contributed by atoms with Gasteiger partial charge in [-0.2, -0.15) is 0 Å². The molecule has 0 atom stereocenters. The molecule has 2 aromatic rings. The number of nitrogens with zero attached hydrogens (tertiary/aromatic N) is 1. The van der Waals surface area contributed by atoms with E-state index in [-0.39, 0.29) is 16.5 Å². The van der Waals surface area contributed by atoms with Crippen molar-refractivity contribution in [1.29, 1.82) is 0 Å². The second kappa shape index (κ2) is 6.64. The van der Waals surface area contributed by atoms with E-state index in [0.717, 1.165) is 5.56 Å². The Bertz CT molecular complexity index is 672. The van der Waals surface area contributed by atoms with Crippen LogP contribution >= 0.6 is 22.9 Å². The minimum Gasteiger partial charge on any atom is -0.316 e. The fourth-order valence-corrected chi connectivity index (χ4v) is 3.74. The van der Waals surface area contributed by atoms with Gasteiger partial charge in [-0.1, -0.05) is 17.7 Å². The number of halogens is 1. The zero-order valence-corrected chi connectivity index (χ0v) is 13.1. The highest BCUT2D eigenvalue weighted by molar-refractivity contribution is 7.89. The molecule has 0 spiro atoms. The van der Waals surface area contributed by atoms with Gasteiger partial charge < -0.3 is 5.32 Å². The second-order valence-corrected chi connectivity index (χ2v) is 6.96. The first kappa shape index (κ1) is 15.4. The molecule has 0 amide bonds. The molecule has 0 bridgehead atoms. The van der Waals surface area contributed by atoms with Gasteiger partial charge in [0.1, 0.15) is 4.90 Å². The van der Waals surface area contributed by atoms with E-state index in [1.807, 2.05) is 0 Å². The SMILES string of the molecule is CNCc1ccc(Cl)c(S(=O)(=O)NCc2cscn2)c1. The molecule has 0 aliphatic heterocycles. The van der Waals surface area contributed by atoms with Crippen molar-refractivity contribution in [2.45, 2.75) is 18.0 Å². The van der Waals surface area contributed by atoms with Crippen LogP contribution in [-0.4, -0.2) is 20.4 Å². The number of hydrogen-bond donors (Lipinski definition) is 2. The van der Waals surface area contributed by atoms with Crippen molar-refractivity contribution in [1.82, 2.24) is 15.0 Å². The first-order valence-corrected chi connectivity index (χ1v) is 8.63. The lowest BCUT2D eigenvalue weighted by molar-refractivity contribution is 0.580. The number of benzene rings is 1. The molecule has 1 aromatic carbocycles. The van der Waals surface area contributed by atoms with Crippen molar-refractivity contribution in [3.8, 4) is 0 Å². The fourth-order valence-electron chi connectivity index (χ4n) is 1.64. The third-order valence-electron chi connectivity index (χ3n) is 2.59. The van der Waals surface area contributed by atoms with Crippen LogP contribution in [0.1, 0.15) is 11.3 Å². The summed E-state index contributed by atoms with van der Waals surface area (Å²) in [6.45, 7) is 0.726. The zero-order chi connectivity index (χ0) is 14.6. The summed E-state index contributed by atoms with van der Waals surface area (Å²) < 4.78 is 27.0. The van der Waals surface area contributed by atoms with Crippen LogP contribution in [0.25, 0.3) is 0 Å².